The molecule has 1 aromatic heterocycles. The zero-order valence-corrected chi connectivity index (χ0v) is 12.2. The summed E-state index contributed by atoms with van der Waals surface area (Å²) in [6.07, 6.45) is 1.65. The summed E-state index contributed by atoms with van der Waals surface area (Å²) in [5, 5.41) is 5.95. The van der Waals surface area contributed by atoms with Crippen molar-refractivity contribution in [1.29, 1.82) is 0 Å². The zero-order chi connectivity index (χ0) is 15.1. The van der Waals surface area contributed by atoms with Gasteiger partial charge in [-0.2, -0.15) is 0 Å². The molecule has 0 aliphatic rings. The molecule has 1 amide bonds. The number of benzene rings is 1. The Balaban J connectivity index is 1.91. The minimum absolute atomic E-state index is 0.102. The maximum absolute atomic E-state index is 12.1. The third-order valence-electron chi connectivity index (χ3n) is 2.85. The van der Waals surface area contributed by atoms with E-state index >= 15 is 0 Å². The fourth-order valence-electron chi connectivity index (χ4n) is 1.79. The topological polar surface area (TPSA) is 63.2 Å². The molecule has 0 spiro atoms. The van der Waals surface area contributed by atoms with E-state index in [1.165, 1.54) is 0 Å². The van der Waals surface area contributed by atoms with E-state index in [2.05, 4.69) is 15.6 Å². The number of amides is 1. The van der Waals surface area contributed by atoms with Gasteiger partial charge in [-0.05, 0) is 32.0 Å². The van der Waals surface area contributed by atoms with Crippen LogP contribution in [0.3, 0.4) is 0 Å². The number of hydrogen-bond donors (Lipinski definition) is 2. The lowest BCUT2D eigenvalue weighted by Crippen LogP contribution is -2.31. The first-order chi connectivity index (χ1) is 10.2. The summed E-state index contributed by atoms with van der Waals surface area (Å²) in [5.41, 5.74) is 1.55. The number of nitrogens with zero attached hydrogens (tertiary/aromatic N) is 1. The average Bonchev–Trinajstić information content (AvgIpc) is 2.50. The lowest BCUT2D eigenvalue weighted by Gasteiger charge is -2.15. The Morgan fingerprint density at radius 1 is 1.19 bits per heavy atom. The second-order valence-corrected chi connectivity index (χ2v) is 4.54. The van der Waals surface area contributed by atoms with Gasteiger partial charge in [0.1, 0.15) is 6.04 Å². The number of hydrogen-bond acceptors (Lipinski definition) is 4. The Morgan fingerprint density at radius 3 is 2.57 bits per heavy atom. The van der Waals surface area contributed by atoms with Crippen molar-refractivity contribution < 1.29 is 9.53 Å². The number of aromatic nitrogens is 1. The lowest BCUT2D eigenvalue weighted by molar-refractivity contribution is -0.116. The molecule has 1 atom stereocenters. The molecule has 1 unspecified atom stereocenters. The van der Waals surface area contributed by atoms with Gasteiger partial charge < -0.3 is 15.4 Å². The largest absolute Gasteiger partial charge is 0.478 e. The molecule has 2 N–H and O–H groups in total. The summed E-state index contributed by atoms with van der Waals surface area (Å²) in [6.45, 7) is 4.29. The van der Waals surface area contributed by atoms with Crippen LogP contribution in [0.5, 0.6) is 5.88 Å². The molecule has 5 heteroatoms. The summed E-state index contributed by atoms with van der Waals surface area (Å²) in [5.74, 6) is 0.472. The van der Waals surface area contributed by atoms with Crippen molar-refractivity contribution in [2.75, 3.05) is 17.2 Å². The summed E-state index contributed by atoms with van der Waals surface area (Å²) < 4.78 is 5.27. The Kier molecular flexibility index (Phi) is 5.15. The third kappa shape index (κ3) is 4.49. The second kappa shape index (κ2) is 7.28. The predicted octanol–water partition coefficient (Wildman–Crippen LogP) is 2.92. The van der Waals surface area contributed by atoms with Crippen LogP contribution in [0.2, 0.25) is 0 Å². The summed E-state index contributed by atoms with van der Waals surface area (Å²) in [4.78, 5) is 16.2. The Morgan fingerprint density at radius 2 is 1.95 bits per heavy atom. The fourth-order valence-corrected chi connectivity index (χ4v) is 1.79. The van der Waals surface area contributed by atoms with Crippen molar-refractivity contribution in [1.82, 2.24) is 4.98 Å². The standard InChI is InChI=1S/C16H19N3O2/c1-3-21-15-10-9-14(11-17-15)18-12(2)16(20)19-13-7-5-4-6-8-13/h4-12,18H,3H2,1-2H3,(H,19,20). The summed E-state index contributed by atoms with van der Waals surface area (Å²) in [7, 11) is 0. The molecule has 0 bridgehead atoms. The van der Waals surface area contributed by atoms with E-state index in [1.54, 1.807) is 19.2 Å². The van der Waals surface area contributed by atoms with E-state index in [4.69, 9.17) is 4.74 Å². The molecule has 0 aliphatic carbocycles. The van der Waals surface area contributed by atoms with Gasteiger partial charge in [0.25, 0.3) is 0 Å². The predicted molar refractivity (Wildman–Crippen MR) is 83.6 cm³/mol. The highest BCUT2D eigenvalue weighted by Crippen LogP contribution is 2.13. The number of anilines is 2. The van der Waals surface area contributed by atoms with Gasteiger partial charge in [-0.25, -0.2) is 4.98 Å². The molecule has 2 aromatic rings. The first-order valence-corrected chi connectivity index (χ1v) is 6.90. The summed E-state index contributed by atoms with van der Waals surface area (Å²) in [6, 6.07) is 12.6. The Hall–Kier alpha value is -2.56. The van der Waals surface area contributed by atoms with Crippen molar-refractivity contribution in [2.24, 2.45) is 0 Å². The van der Waals surface area contributed by atoms with Crippen LogP contribution in [0.4, 0.5) is 11.4 Å². The minimum atomic E-state index is -0.370. The van der Waals surface area contributed by atoms with Gasteiger partial charge in [0.2, 0.25) is 11.8 Å². The molecule has 5 nitrogen and oxygen atoms in total. The highest BCUT2D eigenvalue weighted by Gasteiger charge is 2.12. The molecule has 0 saturated carbocycles. The van der Waals surface area contributed by atoms with E-state index in [1.807, 2.05) is 43.3 Å². The highest BCUT2D eigenvalue weighted by atomic mass is 16.5. The maximum atomic E-state index is 12.1. The Bertz CT molecular complexity index is 570. The van der Waals surface area contributed by atoms with Crippen LogP contribution in [0.1, 0.15) is 13.8 Å². The first-order valence-electron chi connectivity index (χ1n) is 6.90. The SMILES string of the molecule is CCOc1ccc(NC(C)C(=O)Nc2ccccc2)cn1. The molecule has 110 valence electrons. The van der Waals surface area contributed by atoms with Gasteiger partial charge in [-0.15, -0.1) is 0 Å². The molecule has 1 heterocycles. The zero-order valence-electron chi connectivity index (χ0n) is 12.2. The molecule has 1 aromatic carbocycles. The number of ether oxygens (including phenoxy) is 1. The number of para-hydroxylation sites is 1. The van der Waals surface area contributed by atoms with Gasteiger partial charge >= 0.3 is 0 Å². The van der Waals surface area contributed by atoms with Crippen LogP contribution < -0.4 is 15.4 Å². The Labute approximate surface area is 124 Å². The van der Waals surface area contributed by atoms with E-state index in [0.29, 0.717) is 12.5 Å². The number of carbonyl (C=O) groups excluding carboxylic acids is 1. The van der Waals surface area contributed by atoms with Crippen LogP contribution in [0, 0.1) is 0 Å². The lowest BCUT2D eigenvalue weighted by atomic mass is 10.2. The highest BCUT2D eigenvalue weighted by molar-refractivity contribution is 5.96. The van der Waals surface area contributed by atoms with E-state index < -0.39 is 0 Å². The molecular weight excluding hydrogens is 266 g/mol. The molecule has 0 radical (unpaired) electrons. The number of carbonyl (C=O) groups is 1. The van der Waals surface area contributed by atoms with Crippen LogP contribution in [-0.4, -0.2) is 23.5 Å². The van der Waals surface area contributed by atoms with E-state index in [9.17, 15) is 4.79 Å². The molecule has 2 rings (SSSR count). The van der Waals surface area contributed by atoms with Gasteiger partial charge in [-0.3, -0.25) is 4.79 Å². The van der Waals surface area contributed by atoms with Crippen molar-refractivity contribution in [3.8, 4) is 5.88 Å². The molecule has 0 saturated heterocycles. The summed E-state index contributed by atoms with van der Waals surface area (Å²) >= 11 is 0. The fraction of sp³-hybridized carbons (Fsp3) is 0.250. The van der Waals surface area contributed by atoms with E-state index in [0.717, 1.165) is 11.4 Å². The molecule has 21 heavy (non-hydrogen) atoms. The third-order valence-corrected chi connectivity index (χ3v) is 2.85. The van der Waals surface area contributed by atoms with Crippen LogP contribution >= 0.6 is 0 Å². The van der Waals surface area contributed by atoms with Crippen LogP contribution in [0.25, 0.3) is 0 Å². The van der Waals surface area contributed by atoms with Crippen molar-refractivity contribution in [2.45, 2.75) is 19.9 Å². The number of nitrogens with one attached hydrogen (secondary N) is 2. The molecular formula is C16H19N3O2. The van der Waals surface area contributed by atoms with Gasteiger partial charge in [-0.1, -0.05) is 18.2 Å². The van der Waals surface area contributed by atoms with Crippen molar-refractivity contribution >= 4 is 17.3 Å². The van der Waals surface area contributed by atoms with Crippen LogP contribution in [0.15, 0.2) is 48.7 Å². The molecule has 0 aliphatic heterocycles. The number of pyridine rings is 1. The smallest absolute Gasteiger partial charge is 0.246 e. The average molecular weight is 285 g/mol. The second-order valence-electron chi connectivity index (χ2n) is 4.54. The van der Waals surface area contributed by atoms with Gasteiger partial charge in [0.05, 0.1) is 18.5 Å². The normalized spacial score (nSPS) is 11.5. The maximum Gasteiger partial charge on any atom is 0.246 e. The van der Waals surface area contributed by atoms with E-state index in [-0.39, 0.29) is 11.9 Å². The van der Waals surface area contributed by atoms with Crippen LogP contribution in [-0.2, 0) is 4.79 Å². The minimum Gasteiger partial charge on any atom is -0.478 e. The van der Waals surface area contributed by atoms with Gasteiger partial charge in [0, 0.05) is 11.8 Å². The van der Waals surface area contributed by atoms with Crippen molar-refractivity contribution in [3.05, 3.63) is 48.7 Å². The quantitative estimate of drug-likeness (QED) is 0.856. The van der Waals surface area contributed by atoms with Gasteiger partial charge in [0.15, 0.2) is 0 Å². The molecule has 0 fully saturated rings. The van der Waals surface area contributed by atoms with Crippen molar-refractivity contribution in [3.63, 3.8) is 0 Å². The monoisotopic (exact) mass is 285 g/mol. The number of rotatable bonds is 6. The first kappa shape index (κ1) is 14.8.